The molecule has 0 aliphatic carbocycles. The lowest BCUT2D eigenvalue weighted by Gasteiger charge is -2.37. The molecule has 0 saturated carbocycles. The van der Waals surface area contributed by atoms with E-state index in [1.807, 2.05) is 25.2 Å². The Kier molecular flexibility index (Phi) is 12.8. The van der Waals surface area contributed by atoms with Gasteiger partial charge in [-0.1, -0.05) is 12.1 Å². The van der Waals surface area contributed by atoms with Crippen molar-refractivity contribution >= 4 is 32.1 Å². The molecule has 13 heteroatoms. The second kappa shape index (κ2) is 14.4. The molecule has 10 nitrogen and oxygen atoms in total. The van der Waals surface area contributed by atoms with Crippen LogP contribution in [0.1, 0.15) is 30.4 Å². The van der Waals surface area contributed by atoms with Gasteiger partial charge in [-0.15, -0.1) is 12.4 Å². The summed E-state index contributed by atoms with van der Waals surface area (Å²) in [6.07, 6.45) is 1.20. The fourth-order valence-electron chi connectivity index (χ4n) is 4.90. The van der Waals surface area contributed by atoms with Crippen molar-refractivity contribution in [3.63, 3.8) is 0 Å². The van der Waals surface area contributed by atoms with Gasteiger partial charge >= 0.3 is 0 Å². The minimum absolute atomic E-state index is 0. The summed E-state index contributed by atoms with van der Waals surface area (Å²) < 4.78 is 73.2. The SMILES string of the molecule is COc1ccc(CCN(C)CCCC2(c3ccc(OC)c(OC)c3)S(=O)(=O)CCCS2(=O)=O)cc1OC.Cl.O. The molecule has 2 aromatic rings. The van der Waals surface area contributed by atoms with Crippen LogP contribution in [-0.4, -0.2) is 87.3 Å². The van der Waals surface area contributed by atoms with E-state index < -0.39 is 23.8 Å². The molecule has 0 aromatic heterocycles. The first-order valence-electron chi connectivity index (χ1n) is 12.1. The molecule has 0 spiro atoms. The number of likely N-dealkylation sites (N-methyl/N-ethyl adjacent to an activating group) is 1. The summed E-state index contributed by atoms with van der Waals surface area (Å²) in [5, 5.41) is 0. The van der Waals surface area contributed by atoms with E-state index in [0.29, 0.717) is 42.5 Å². The van der Waals surface area contributed by atoms with E-state index in [1.54, 1.807) is 20.3 Å². The Morgan fingerprint density at radius 3 is 1.82 bits per heavy atom. The van der Waals surface area contributed by atoms with Crippen LogP contribution in [-0.2, 0) is 30.2 Å². The Hall–Kier alpha value is -2.25. The zero-order valence-electron chi connectivity index (χ0n) is 23.1. The van der Waals surface area contributed by atoms with Crippen LogP contribution in [0.5, 0.6) is 23.0 Å². The Morgan fingerprint density at radius 1 is 0.769 bits per heavy atom. The number of ether oxygens (including phenoxy) is 4. The first kappa shape index (κ1) is 34.8. The molecule has 1 heterocycles. The van der Waals surface area contributed by atoms with Crippen LogP contribution in [0.25, 0.3) is 0 Å². The molecule has 2 aromatic carbocycles. The van der Waals surface area contributed by atoms with Crippen molar-refractivity contribution in [2.45, 2.75) is 29.8 Å². The third kappa shape index (κ3) is 7.10. The topological polar surface area (TPSA) is 140 Å². The summed E-state index contributed by atoms with van der Waals surface area (Å²) in [5.74, 6) is 1.68. The standard InChI is InChI=1S/C26H37NO8S2.ClH.H2O/c1-27(15-12-20-8-10-22(32-2)24(18-20)34-4)14-6-13-26(36(28,29)16-7-17-37(26,30)31)21-9-11-23(33-3)25(19-21)35-5;;/h8-11,18-19H,6-7,12-17H2,1-5H3;1H;1H2. The Labute approximate surface area is 238 Å². The molecule has 1 aliphatic heterocycles. The number of benzene rings is 2. The second-order valence-electron chi connectivity index (χ2n) is 9.16. The number of halogens is 1. The predicted octanol–water partition coefficient (Wildman–Crippen LogP) is 2.66. The van der Waals surface area contributed by atoms with Gasteiger partial charge in [0.25, 0.3) is 0 Å². The van der Waals surface area contributed by atoms with E-state index >= 15 is 0 Å². The highest BCUT2D eigenvalue weighted by atomic mass is 35.5. The summed E-state index contributed by atoms with van der Waals surface area (Å²) in [6.45, 7) is 1.24. The maximum Gasteiger partial charge on any atom is 0.198 e. The van der Waals surface area contributed by atoms with E-state index in [9.17, 15) is 16.8 Å². The van der Waals surface area contributed by atoms with Gasteiger partial charge in [-0.25, -0.2) is 16.8 Å². The van der Waals surface area contributed by atoms with Crippen molar-refractivity contribution in [1.29, 1.82) is 0 Å². The third-order valence-electron chi connectivity index (χ3n) is 6.93. The fourth-order valence-corrected chi connectivity index (χ4v) is 10.7. The molecule has 3 rings (SSSR count). The van der Waals surface area contributed by atoms with Crippen LogP contribution >= 0.6 is 12.4 Å². The van der Waals surface area contributed by atoms with Crippen molar-refractivity contribution in [1.82, 2.24) is 4.90 Å². The van der Waals surface area contributed by atoms with Crippen LogP contribution in [0.3, 0.4) is 0 Å². The summed E-state index contributed by atoms with van der Waals surface area (Å²) in [4.78, 5) is 2.07. The number of methoxy groups -OCH3 is 4. The first-order chi connectivity index (χ1) is 17.5. The summed E-state index contributed by atoms with van der Waals surface area (Å²) >= 11 is 0. The van der Waals surface area contributed by atoms with Gasteiger partial charge in [0.2, 0.25) is 0 Å². The number of sulfone groups is 2. The van der Waals surface area contributed by atoms with Gasteiger partial charge in [-0.2, -0.15) is 0 Å². The number of rotatable bonds is 12. The lowest BCUT2D eigenvalue weighted by Crippen LogP contribution is -2.50. The average molecular weight is 610 g/mol. The predicted molar refractivity (Wildman–Crippen MR) is 154 cm³/mol. The maximum absolute atomic E-state index is 13.5. The largest absolute Gasteiger partial charge is 0.493 e. The quantitative estimate of drug-likeness (QED) is 0.355. The molecule has 1 aliphatic rings. The first-order valence-corrected chi connectivity index (χ1v) is 15.4. The summed E-state index contributed by atoms with van der Waals surface area (Å²) in [6, 6.07) is 10.3. The normalized spacial score (nSPS) is 16.9. The Morgan fingerprint density at radius 2 is 1.28 bits per heavy atom. The van der Waals surface area contributed by atoms with Crippen LogP contribution in [0.2, 0.25) is 0 Å². The molecule has 1 fully saturated rings. The molecule has 1 saturated heterocycles. The van der Waals surface area contributed by atoms with Gasteiger partial charge in [0.15, 0.2) is 46.8 Å². The lowest BCUT2D eigenvalue weighted by atomic mass is 10.1. The zero-order valence-corrected chi connectivity index (χ0v) is 25.5. The van der Waals surface area contributed by atoms with E-state index in [4.69, 9.17) is 18.9 Å². The molecular formula is C26H40ClNO9S2. The van der Waals surface area contributed by atoms with Gasteiger partial charge in [0.1, 0.15) is 0 Å². The van der Waals surface area contributed by atoms with Crippen molar-refractivity contribution < 1.29 is 41.3 Å². The van der Waals surface area contributed by atoms with Gasteiger partial charge in [0, 0.05) is 6.54 Å². The Balaban J connectivity index is 0.00000380. The zero-order chi connectivity index (χ0) is 27.3. The van der Waals surface area contributed by atoms with E-state index in [0.717, 1.165) is 12.0 Å². The molecule has 222 valence electrons. The smallest absolute Gasteiger partial charge is 0.198 e. The minimum Gasteiger partial charge on any atom is -0.493 e. The Bertz CT molecular complexity index is 1270. The van der Waals surface area contributed by atoms with E-state index in [1.165, 1.54) is 26.4 Å². The van der Waals surface area contributed by atoms with Crippen molar-refractivity contribution in [2.75, 3.05) is 60.1 Å². The lowest BCUT2D eigenvalue weighted by molar-refractivity contribution is 0.324. The monoisotopic (exact) mass is 609 g/mol. The molecule has 0 bridgehead atoms. The van der Waals surface area contributed by atoms with Gasteiger partial charge in [-0.3, -0.25) is 0 Å². The minimum atomic E-state index is -3.99. The molecular weight excluding hydrogens is 570 g/mol. The van der Waals surface area contributed by atoms with E-state index in [-0.39, 0.29) is 47.8 Å². The van der Waals surface area contributed by atoms with Crippen LogP contribution in [0, 0.1) is 0 Å². The fraction of sp³-hybridized carbons (Fsp3) is 0.538. The summed E-state index contributed by atoms with van der Waals surface area (Å²) in [7, 11) is 0.0553. The maximum atomic E-state index is 13.5. The average Bonchev–Trinajstić information content (AvgIpc) is 2.88. The number of nitrogens with zero attached hydrogens (tertiary/aromatic N) is 1. The second-order valence-corrected chi connectivity index (χ2v) is 14.1. The highest BCUT2D eigenvalue weighted by molar-refractivity contribution is 8.10. The number of hydrogen-bond acceptors (Lipinski definition) is 9. The molecule has 2 N–H and O–H groups in total. The van der Waals surface area contributed by atoms with Crippen LogP contribution in [0.15, 0.2) is 36.4 Å². The molecule has 0 atom stereocenters. The van der Waals surface area contributed by atoms with Crippen molar-refractivity contribution in [2.24, 2.45) is 0 Å². The highest BCUT2D eigenvalue weighted by Crippen LogP contribution is 2.47. The highest BCUT2D eigenvalue weighted by Gasteiger charge is 2.57. The van der Waals surface area contributed by atoms with Crippen LogP contribution in [0.4, 0.5) is 0 Å². The van der Waals surface area contributed by atoms with Gasteiger partial charge in [-0.05, 0) is 74.7 Å². The van der Waals surface area contributed by atoms with Crippen LogP contribution < -0.4 is 18.9 Å². The van der Waals surface area contributed by atoms with E-state index in [2.05, 4.69) is 4.90 Å². The van der Waals surface area contributed by atoms with Crippen molar-refractivity contribution in [3.05, 3.63) is 47.5 Å². The third-order valence-corrected chi connectivity index (χ3v) is 13.0. The van der Waals surface area contributed by atoms with Gasteiger partial charge < -0.3 is 29.3 Å². The number of hydrogen-bond donors (Lipinski definition) is 0. The summed E-state index contributed by atoms with van der Waals surface area (Å²) in [5.41, 5.74) is 1.28. The molecule has 0 radical (unpaired) electrons. The molecule has 39 heavy (non-hydrogen) atoms. The van der Waals surface area contributed by atoms with Crippen molar-refractivity contribution in [3.8, 4) is 23.0 Å². The molecule has 0 unspecified atom stereocenters. The van der Waals surface area contributed by atoms with Gasteiger partial charge in [0.05, 0.1) is 39.9 Å². The molecule has 0 amide bonds.